The Hall–Kier alpha value is -3.67. The van der Waals surface area contributed by atoms with Gasteiger partial charge in [-0.25, -0.2) is 27.3 Å². The first kappa shape index (κ1) is 25.0. The lowest BCUT2D eigenvalue weighted by molar-refractivity contribution is -0.113. The van der Waals surface area contributed by atoms with Crippen LogP contribution in [-0.4, -0.2) is 83.1 Å². The number of hydrogen-bond donors (Lipinski definition) is 0. The molecule has 5 rings (SSSR count). The van der Waals surface area contributed by atoms with Crippen LogP contribution in [0.3, 0.4) is 0 Å². The van der Waals surface area contributed by atoms with Gasteiger partial charge in [-0.2, -0.15) is 0 Å². The van der Waals surface area contributed by atoms with Crippen LogP contribution < -0.4 is 0 Å². The molecule has 2 fully saturated rings. The minimum absolute atomic E-state index is 0.0221. The molecule has 8 nitrogen and oxygen atoms in total. The van der Waals surface area contributed by atoms with Gasteiger partial charge in [0.15, 0.2) is 0 Å². The van der Waals surface area contributed by atoms with Gasteiger partial charge in [0.25, 0.3) is 11.8 Å². The molecular formula is C25H24F4N4O4. The number of fused-ring (bicyclic) bond motifs is 1. The van der Waals surface area contributed by atoms with E-state index in [1.165, 1.54) is 12.0 Å². The minimum Gasteiger partial charge on any atom is -0.453 e. The van der Waals surface area contributed by atoms with E-state index in [-0.39, 0.29) is 30.8 Å². The van der Waals surface area contributed by atoms with Crippen molar-refractivity contribution >= 4 is 17.6 Å². The van der Waals surface area contributed by atoms with Gasteiger partial charge in [-0.3, -0.25) is 4.79 Å². The van der Waals surface area contributed by atoms with E-state index in [1.807, 2.05) is 13.0 Å². The van der Waals surface area contributed by atoms with Gasteiger partial charge in [0.2, 0.25) is 0 Å². The third-order valence-corrected chi connectivity index (χ3v) is 6.53. The van der Waals surface area contributed by atoms with Gasteiger partial charge in [-0.1, -0.05) is 0 Å². The van der Waals surface area contributed by atoms with Crippen molar-refractivity contribution in [2.24, 2.45) is 0 Å². The molecule has 0 bridgehead atoms. The number of ether oxygens (including phenoxy) is 2. The maximum absolute atomic E-state index is 15.4. The van der Waals surface area contributed by atoms with Gasteiger partial charge >= 0.3 is 6.09 Å². The quantitative estimate of drug-likeness (QED) is 0.491. The normalized spacial score (nSPS) is 19.1. The summed E-state index contributed by atoms with van der Waals surface area (Å²) in [6.07, 6.45) is 0.914. The van der Waals surface area contributed by atoms with Crippen molar-refractivity contribution in [1.82, 2.24) is 19.2 Å². The third-order valence-electron chi connectivity index (χ3n) is 6.53. The monoisotopic (exact) mass is 520 g/mol. The van der Waals surface area contributed by atoms with Crippen LogP contribution in [-0.2, 0) is 15.9 Å². The van der Waals surface area contributed by atoms with Gasteiger partial charge in [-0.15, -0.1) is 0 Å². The number of halogens is 4. The van der Waals surface area contributed by atoms with Gasteiger partial charge in [0.05, 0.1) is 56.4 Å². The molecule has 0 aliphatic carbocycles. The summed E-state index contributed by atoms with van der Waals surface area (Å²) >= 11 is 0. The van der Waals surface area contributed by atoms with Crippen LogP contribution in [0.15, 0.2) is 30.5 Å². The van der Waals surface area contributed by atoms with E-state index in [4.69, 9.17) is 9.47 Å². The number of rotatable bonds is 4. The molecule has 2 aliphatic rings. The molecule has 1 atom stereocenters. The zero-order chi connectivity index (χ0) is 26.5. The molecule has 196 valence electrons. The summed E-state index contributed by atoms with van der Waals surface area (Å²) in [6.45, 7) is 1.09. The lowest BCUT2D eigenvalue weighted by Crippen LogP contribution is -2.58. The fourth-order valence-corrected chi connectivity index (χ4v) is 4.71. The number of nitrogens with zero attached hydrogens (tertiary/aromatic N) is 4. The first-order valence-electron chi connectivity index (χ1n) is 11.6. The molecule has 1 aromatic carbocycles. The second-order valence-electron chi connectivity index (χ2n) is 9.28. The predicted molar refractivity (Wildman–Crippen MR) is 124 cm³/mol. The summed E-state index contributed by atoms with van der Waals surface area (Å²) in [7, 11) is 1.28. The standard InChI is InChI=1S/C25H24F4N4O4/c1-14-3-4-33-19(10-16-11-31(5-6-37-16)24(35)36-2)22(30-20(33)7-14)21-17(26)8-15(9-18(21)27)23(34)32-12-25(28,29)13-32/h3-4,7-9,16H,5-6,10-13H2,1-2H3/t16-/m0/s1. The highest BCUT2D eigenvalue weighted by Gasteiger charge is 2.46. The minimum atomic E-state index is -3.00. The molecule has 12 heteroatoms. The van der Waals surface area contributed by atoms with Gasteiger partial charge in [0.1, 0.15) is 17.3 Å². The van der Waals surface area contributed by atoms with Gasteiger partial charge in [0, 0.05) is 24.7 Å². The van der Waals surface area contributed by atoms with E-state index in [1.54, 1.807) is 16.7 Å². The van der Waals surface area contributed by atoms with Gasteiger partial charge in [-0.05, 0) is 36.8 Å². The summed E-state index contributed by atoms with van der Waals surface area (Å²) in [6, 6.07) is 5.26. The second-order valence-corrected chi connectivity index (χ2v) is 9.28. The van der Waals surface area contributed by atoms with Crippen molar-refractivity contribution in [2.75, 3.05) is 39.9 Å². The lowest BCUT2D eigenvalue weighted by atomic mass is 10.0. The smallest absolute Gasteiger partial charge is 0.409 e. The maximum Gasteiger partial charge on any atom is 0.409 e. The summed E-state index contributed by atoms with van der Waals surface area (Å²) in [4.78, 5) is 31.3. The lowest BCUT2D eigenvalue weighted by Gasteiger charge is -2.38. The number of imidazole rings is 1. The van der Waals surface area contributed by atoms with Crippen molar-refractivity contribution in [3.63, 3.8) is 0 Å². The summed E-state index contributed by atoms with van der Waals surface area (Å²) in [5.74, 6) is -5.96. The topological polar surface area (TPSA) is 76.4 Å². The van der Waals surface area contributed by atoms with Crippen LogP contribution in [0, 0.1) is 18.6 Å². The number of aromatic nitrogens is 2. The van der Waals surface area contributed by atoms with Crippen LogP contribution in [0.25, 0.3) is 16.9 Å². The van der Waals surface area contributed by atoms with Crippen molar-refractivity contribution in [2.45, 2.75) is 25.4 Å². The Morgan fingerprint density at radius 1 is 1.16 bits per heavy atom. The highest BCUT2D eigenvalue weighted by atomic mass is 19.3. The average molecular weight is 520 g/mol. The first-order chi connectivity index (χ1) is 17.6. The highest BCUT2D eigenvalue weighted by molar-refractivity contribution is 5.95. The molecule has 2 saturated heterocycles. The van der Waals surface area contributed by atoms with E-state index in [9.17, 15) is 18.4 Å². The number of morpholine rings is 1. The van der Waals surface area contributed by atoms with Gasteiger partial charge < -0.3 is 23.7 Å². The number of pyridine rings is 1. The Morgan fingerprint density at radius 3 is 2.51 bits per heavy atom. The number of likely N-dealkylation sites (tertiary alicyclic amines) is 1. The zero-order valence-corrected chi connectivity index (χ0v) is 20.1. The Bertz CT molecular complexity index is 1360. The van der Waals surface area contributed by atoms with Crippen molar-refractivity contribution in [1.29, 1.82) is 0 Å². The molecule has 2 aliphatic heterocycles. The molecule has 2 aromatic heterocycles. The number of carbonyl (C=O) groups excluding carboxylic acids is 2. The molecule has 2 amide bonds. The van der Waals surface area contributed by atoms with E-state index >= 15 is 8.78 Å². The molecule has 0 saturated carbocycles. The van der Waals surface area contributed by atoms with Crippen LogP contribution >= 0.6 is 0 Å². The van der Waals surface area contributed by atoms with E-state index in [2.05, 4.69) is 4.98 Å². The fraction of sp³-hybridized carbons (Fsp3) is 0.400. The molecule has 0 unspecified atom stereocenters. The Balaban J connectivity index is 1.52. The number of aryl methyl sites for hydroxylation is 1. The molecule has 0 N–H and O–H groups in total. The Kier molecular flexibility index (Phi) is 6.30. The SMILES string of the molecule is COC(=O)N1CCO[C@@H](Cc2c(-c3c(F)cc(C(=O)N4CC(F)(F)C4)cc3F)nc3cc(C)ccn23)C1. The number of methoxy groups -OCH3 is 1. The Labute approximate surface area is 209 Å². The number of carbonyl (C=O) groups is 2. The number of hydrogen-bond acceptors (Lipinski definition) is 5. The first-order valence-corrected chi connectivity index (χ1v) is 11.6. The van der Waals surface area contributed by atoms with E-state index in [0.29, 0.717) is 17.9 Å². The predicted octanol–water partition coefficient (Wildman–Crippen LogP) is 3.69. The van der Waals surface area contributed by atoms with E-state index < -0.39 is 54.3 Å². The van der Waals surface area contributed by atoms with Crippen molar-refractivity contribution < 1.29 is 36.6 Å². The summed E-state index contributed by atoms with van der Waals surface area (Å²) in [5.41, 5.74) is 1.00. The average Bonchev–Trinajstić information content (AvgIpc) is 3.17. The highest BCUT2D eigenvalue weighted by Crippen LogP contribution is 2.34. The number of benzene rings is 1. The van der Waals surface area contributed by atoms with Crippen LogP contribution in [0.2, 0.25) is 0 Å². The van der Waals surface area contributed by atoms with E-state index in [0.717, 1.165) is 22.6 Å². The molecular weight excluding hydrogens is 496 g/mol. The molecule has 3 aromatic rings. The van der Waals surface area contributed by atoms with Crippen molar-refractivity contribution in [3.8, 4) is 11.3 Å². The maximum atomic E-state index is 15.4. The molecule has 37 heavy (non-hydrogen) atoms. The van der Waals surface area contributed by atoms with Crippen molar-refractivity contribution in [3.05, 3.63) is 58.9 Å². The largest absolute Gasteiger partial charge is 0.453 e. The summed E-state index contributed by atoms with van der Waals surface area (Å²) in [5, 5.41) is 0. The Morgan fingerprint density at radius 2 is 1.86 bits per heavy atom. The number of alkyl halides is 2. The van der Waals surface area contributed by atoms with Crippen LogP contribution in [0.4, 0.5) is 22.4 Å². The van der Waals surface area contributed by atoms with Crippen LogP contribution in [0.1, 0.15) is 21.6 Å². The third kappa shape index (κ3) is 4.73. The zero-order valence-electron chi connectivity index (χ0n) is 20.1. The molecule has 0 radical (unpaired) electrons. The fourth-order valence-electron chi connectivity index (χ4n) is 4.71. The molecule has 4 heterocycles. The number of amides is 2. The second kappa shape index (κ2) is 9.33. The molecule has 0 spiro atoms. The van der Waals surface area contributed by atoms with Crippen LogP contribution in [0.5, 0.6) is 0 Å². The summed E-state index contributed by atoms with van der Waals surface area (Å²) < 4.78 is 69.4.